The maximum absolute atomic E-state index is 14.2. The minimum Gasteiger partial charge on any atom is -0.497 e. The van der Waals surface area contributed by atoms with Crippen LogP contribution in [-0.4, -0.2) is 29.1 Å². The molecule has 0 amide bonds. The minimum atomic E-state index is -3.98. The summed E-state index contributed by atoms with van der Waals surface area (Å²) in [5.41, 5.74) is 5.58. The molecule has 37 heavy (non-hydrogen) atoms. The number of hydrogen-bond donors (Lipinski definition) is 0. The first-order chi connectivity index (χ1) is 17.9. The highest BCUT2D eigenvalue weighted by molar-refractivity contribution is 7.90. The number of benzene rings is 3. The van der Waals surface area contributed by atoms with Gasteiger partial charge < -0.3 is 9.30 Å². The number of ether oxygens (including phenoxy) is 1. The van der Waals surface area contributed by atoms with Crippen LogP contribution in [0.5, 0.6) is 5.75 Å². The lowest BCUT2D eigenvalue weighted by atomic mass is 10.0. The van der Waals surface area contributed by atoms with Crippen LogP contribution in [0.1, 0.15) is 5.56 Å². The molecule has 6 rings (SSSR count). The Kier molecular flexibility index (Phi) is 5.38. The predicted molar refractivity (Wildman–Crippen MR) is 147 cm³/mol. The summed E-state index contributed by atoms with van der Waals surface area (Å²) < 4.78 is 37.3. The standard InChI is InChI=1S/C30H25N3O3S/c1-20-9-12-23(13-10-20)37(34,35)33-29(27-19-32(2)28-14-11-22(36-3)17-25(27)28)18-26-24(15-16-31-30(26)33)21-7-5-4-6-8-21/h4-19H,1-3H3. The van der Waals surface area contributed by atoms with Crippen LogP contribution < -0.4 is 4.74 Å². The van der Waals surface area contributed by atoms with Crippen molar-refractivity contribution in [2.45, 2.75) is 11.8 Å². The second-order valence-electron chi connectivity index (χ2n) is 9.11. The van der Waals surface area contributed by atoms with E-state index in [1.165, 1.54) is 3.97 Å². The van der Waals surface area contributed by atoms with Gasteiger partial charge in [-0.25, -0.2) is 17.4 Å². The first-order valence-electron chi connectivity index (χ1n) is 11.9. The minimum absolute atomic E-state index is 0.210. The van der Waals surface area contributed by atoms with Gasteiger partial charge in [-0.2, -0.15) is 0 Å². The molecule has 0 aliphatic rings. The Labute approximate surface area is 215 Å². The number of aryl methyl sites for hydroxylation is 2. The number of methoxy groups -OCH3 is 1. The second kappa shape index (κ2) is 8.64. The molecule has 0 bridgehead atoms. The molecule has 3 heterocycles. The normalized spacial score (nSPS) is 11.9. The lowest BCUT2D eigenvalue weighted by molar-refractivity contribution is 0.415. The third kappa shape index (κ3) is 3.70. The summed E-state index contributed by atoms with van der Waals surface area (Å²) in [5, 5.41) is 1.66. The highest BCUT2D eigenvalue weighted by Gasteiger charge is 2.27. The molecule has 0 aliphatic heterocycles. The van der Waals surface area contributed by atoms with E-state index in [2.05, 4.69) is 4.98 Å². The highest BCUT2D eigenvalue weighted by Crippen LogP contribution is 2.40. The van der Waals surface area contributed by atoms with Crippen LogP contribution >= 0.6 is 0 Å². The van der Waals surface area contributed by atoms with Crippen molar-refractivity contribution in [3.05, 3.63) is 103 Å². The molecule has 0 radical (unpaired) electrons. The van der Waals surface area contributed by atoms with Crippen molar-refractivity contribution < 1.29 is 13.2 Å². The van der Waals surface area contributed by atoms with Crippen LogP contribution in [-0.2, 0) is 17.1 Å². The molecule has 6 aromatic rings. The lowest BCUT2D eigenvalue weighted by Gasteiger charge is -2.12. The zero-order valence-electron chi connectivity index (χ0n) is 20.7. The summed E-state index contributed by atoms with van der Waals surface area (Å²) in [6.07, 6.45) is 3.63. The van der Waals surface area contributed by atoms with Crippen LogP contribution in [0.25, 0.3) is 44.3 Å². The van der Waals surface area contributed by atoms with E-state index in [1.807, 2.05) is 97.5 Å². The summed E-state index contributed by atoms with van der Waals surface area (Å²) in [6, 6.07) is 26.5. The van der Waals surface area contributed by atoms with E-state index >= 15 is 0 Å². The van der Waals surface area contributed by atoms with Crippen LogP contribution in [0.4, 0.5) is 0 Å². The fourth-order valence-electron chi connectivity index (χ4n) is 4.89. The average Bonchev–Trinajstić information content (AvgIpc) is 3.47. The molecule has 184 valence electrons. The van der Waals surface area contributed by atoms with E-state index < -0.39 is 10.0 Å². The largest absolute Gasteiger partial charge is 0.497 e. The Hall–Kier alpha value is -4.36. The van der Waals surface area contributed by atoms with Gasteiger partial charge in [0.05, 0.1) is 17.7 Å². The van der Waals surface area contributed by atoms with Gasteiger partial charge in [0.1, 0.15) is 5.75 Å². The smallest absolute Gasteiger partial charge is 0.269 e. The van der Waals surface area contributed by atoms with E-state index in [4.69, 9.17) is 4.74 Å². The number of nitrogens with zero attached hydrogens (tertiary/aromatic N) is 3. The Morgan fingerprint density at radius 2 is 1.59 bits per heavy atom. The number of pyridine rings is 1. The van der Waals surface area contributed by atoms with Crippen LogP contribution in [0.3, 0.4) is 0 Å². The van der Waals surface area contributed by atoms with Crippen molar-refractivity contribution in [2.75, 3.05) is 7.11 Å². The van der Waals surface area contributed by atoms with Gasteiger partial charge in [-0.05, 0) is 60.5 Å². The molecule has 0 saturated heterocycles. The van der Waals surface area contributed by atoms with E-state index in [9.17, 15) is 8.42 Å². The molecule has 0 saturated carbocycles. The summed E-state index contributed by atoms with van der Waals surface area (Å²) in [7, 11) is -0.403. The number of fused-ring (bicyclic) bond motifs is 2. The zero-order chi connectivity index (χ0) is 25.7. The van der Waals surface area contributed by atoms with E-state index in [-0.39, 0.29) is 4.90 Å². The molecular weight excluding hydrogens is 482 g/mol. The van der Waals surface area contributed by atoms with Crippen LogP contribution in [0.2, 0.25) is 0 Å². The maximum atomic E-state index is 14.2. The van der Waals surface area contributed by atoms with Gasteiger partial charge in [-0.15, -0.1) is 0 Å². The molecule has 3 aromatic heterocycles. The van der Waals surface area contributed by atoms with Crippen molar-refractivity contribution in [1.82, 2.24) is 13.5 Å². The van der Waals surface area contributed by atoms with Gasteiger partial charge in [0.15, 0.2) is 5.65 Å². The molecule has 0 N–H and O–H groups in total. The van der Waals surface area contributed by atoms with E-state index in [0.717, 1.165) is 38.5 Å². The Morgan fingerprint density at radius 1 is 0.838 bits per heavy atom. The first-order valence-corrected chi connectivity index (χ1v) is 13.3. The molecule has 0 fully saturated rings. The fourth-order valence-corrected chi connectivity index (χ4v) is 6.37. The van der Waals surface area contributed by atoms with Gasteiger partial charge in [-0.3, -0.25) is 0 Å². The van der Waals surface area contributed by atoms with Gasteiger partial charge in [0.2, 0.25) is 0 Å². The lowest BCUT2D eigenvalue weighted by Crippen LogP contribution is -2.14. The van der Waals surface area contributed by atoms with E-state index in [0.29, 0.717) is 17.1 Å². The van der Waals surface area contributed by atoms with Gasteiger partial charge >= 0.3 is 0 Å². The van der Waals surface area contributed by atoms with Crippen molar-refractivity contribution in [3.8, 4) is 28.1 Å². The molecule has 3 aromatic carbocycles. The Morgan fingerprint density at radius 3 is 2.32 bits per heavy atom. The molecule has 0 unspecified atom stereocenters. The predicted octanol–water partition coefficient (Wildman–Crippen LogP) is 6.42. The van der Waals surface area contributed by atoms with Crippen molar-refractivity contribution >= 4 is 32.0 Å². The van der Waals surface area contributed by atoms with Crippen LogP contribution in [0, 0.1) is 6.92 Å². The SMILES string of the molecule is COc1ccc2c(c1)c(-c1cc3c(-c4ccccc4)ccnc3n1S(=O)(=O)c1ccc(C)cc1)cn2C. The quantitative estimate of drug-likeness (QED) is 0.270. The summed E-state index contributed by atoms with van der Waals surface area (Å²) in [6.45, 7) is 1.93. The van der Waals surface area contributed by atoms with Crippen molar-refractivity contribution in [1.29, 1.82) is 0 Å². The summed E-state index contributed by atoms with van der Waals surface area (Å²) >= 11 is 0. The number of aromatic nitrogens is 3. The third-order valence-corrected chi connectivity index (χ3v) is 8.50. The van der Waals surface area contributed by atoms with Gasteiger partial charge in [0, 0.05) is 41.3 Å². The molecule has 0 aliphatic carbocycles. The highest BCUT2D eigenvalue weighted by atomic mass is 32.2. The second-order valence-corrected chi connectivity index (χ2v) is 10.9. The Balaban J connectivity index is 1.73. The number of hydrogen-bond acceptors (Lipinski definition) is 4. The summed E-state index contributed by atoms with van der Waals surface area (Å²) in [5.74, 6) is 0.701. The molecular formula is C30H25N3O3S. The van der Waals surface area contributed by atoms with Crippen molar-refractivity contribution in [2.24, 2.45) is 7.05 Å². The third-order valence-electron chi connectivity index (χ3n) is 6.78. The molecule has 0 spiro atoms. The zero-order valence-corrected chi connectivity index (χ0v) is 21.5. The van der Waals surface area contributed by atoms with Gasteiger partial charge in [-0.1, -0.05) is 48.0 Å². The Bertz CT molecular complexity index is 1880. The van der Waals surface area contributed by atoms with Crippen molar-refractivity contribution in [3.63, 3.8) is 0 Å². The van der Waals surface area contributed by atoms with Crippen LogP contribution in [0.15, 0.2) is 102 Å². The molecule has 0 atom stereocenters. The monoisotopic (exact) mass is 507 g/mol. The fraction of sp³-hybridized carbons (Fsp3) is 0.100. The first kappa shape index (κ1) is 23.1. The number of rotatable bonds is 5. The topological polar surface area (TPSA) is 66.1 Å². The molecule has 6 nitrogen and oxygen atoms in total. The average molecular weight is 508 g/mol. The maximum Gasteiger partial charge on any atom is 0.269 e. The molecule has 7 heteroatoms. The van der Waals surface area contributed by atoms with Gasteiger partial charge in [0.25, 0.3) is 10.0 Å². The summed E-state index contributed by atoms with van der Waals surface area (Å²) in [4.78, 5) is 4.81. The van der Waals surface area contributed by atoms with E-state index in [1.54, 1.807) is 25.4 Å².